The first-order valence-electron chi connectivity index (χ1n) is 7.96. The number of amides is 2. The summed E-state index contributed by atoms with van der Waals surface area (Å²) in [5.74, 6) is -0.165. The Morgan fingerprint density at radius 2 is 2.12 bits per heavy atom. The molecule has 0 aromatic carbocycles. The highest BCUT2D eigenvalue weighted by atomic mass is 16.5. The second kappa shape index (κ2) is 6.92. The molecule has 2 aromatic rings. The average molecular weight is 330 g/mol. The van der Waals surface area contributed by atoms with Crippen LogP contribution in [0.2, 0.25) is 0 Å². The van der Waals surface area contributed by atoms with Gasteiger partial charge in [0.05, 0.1) is 12.6 Å². The zero-order valence-corrected chi connectivity index (χ0v) is 13.9. The molecule has 0 saturated heterocycles. The maximum Gasteiger partial charge on any atom is 0.270 e. The molecule has 1 aliphatic heterocycles. The van der Waals surface area contributed by atoms with Crippen molar-refractivity contribution in [2.45, 2.75) is 12.6 Å². The van der Waals surface area contributed by atoms with E-state index in [1.165, 1.54) is 0 Å². The van der Waals surface area contributed by atoms with E-state index < -0.39 is 0 Å². The second-order valence-electron chi connectivity index (χ2n) is 5.91. The van der Waals surface area contributed by atoms with Gasteiger partial charge in [0.25, 0.3) is 11.8 Å². The normalized spacial score (nSPS) is 17.0. The first-order chi connectivity index (χ1) is 11.6. The summed E-state index contributed by atoms with van der Waals surface area (Å²) < 4.78 is 8.83. The van der Waals surface area contributed by atoms with E-state index in [2.05, 4.69) is 5.32 Å². The van der Waals surface area contributed by atoms with Crippen LogP contribution in [0.5, 0.6) is 0 Å². The SMILES string of the molecule is COCCN1C(=O)c2cccn2CC1CNC(=O)c1cccn1C. The van der Waals surface area contributed by atoms with Crippen LogP contribution in [0.3, 0.4) is 0 Å². The van der Waals surface area contributed by atoms with Crippen LogP contribution in [0.15, 0.2) is 36.7 Å². The van der Waals surface area contributed by atoms with Crippen molar-refractivity contribution in [3.8, 4) is 0 Å². The van der Waals surface area contributed by atoms with E-state index in [0.29, 0.717) is 37.6 Å². The van der Waals surface area contributed by atoms with Gasteiger partial charge in [0.2, 0.25) is 0 Å². The van der Waals surface area contributed by atoms with E-state index in [-0.39, 0.29) is 17.9 Å². The number of hydrogen-bond acceptors (Lipinski definition) is 3. The summed E-state index contributed by atoms with van der Waals surface area (Å²) in [6, 6.07) is 7.19. The second-order valence-corrected chi connectivity index (χ2v) is 5.91. The lowest BCUT2D eigenvalue weighted by Gasteiger charge is -2.36. The molecule has 7 heteroatoms. The van der Waals surface area contributed by atoms with E-state index in [4.69, 9.17) is 4.74 Å². The van der Waals surface area contributed by atoms with Crippen molar-refractivity contribution in [2.75, 3.05) is 26.8 Å². The highest BCUT2D eigenvalue weighted by Gasteiger charge is 2.32. The minimum absolute atomic E-state index is 0.0265. The van der Waals surface area contributed by atoms with E-state index in [0.717, 1.165) is 0 Å². The van der Waals surface area contributed by atoms with Crippen LogP contribution in [0, 0.1) is 0 Å². The number of aromatic nitrogens is 2. The standard InChI is InChI=1S/C17H22N4O3/c1-19-7-3-5-14(19)16(22)18-11-13-12-20-8-4-6-15(20)17(23)21(13)9-10-24-2/h3-8,13H,9-12H2,1-2H3,(H,18,22). The Bertz CT molecular complexity index is 734. The van der Waals surface area contributed by atoms with Gasteiger partial charge >= 0.3 is 0 Å². The van der Waals surface area contributed by atoms with Crippen LogP contribution in [-0.4, -0.2) is 58.7 Å². The fraction of sp³-hybridized carbons (Fsp3) is 0.412. The molecular formula is C17H22N4O3. The molecule has 3 heterocycles. The number of carbonyl (C=O) groups excluding carboxylic acids is 2. The largest absolute Gasteiger partial charge is 0.383 e. The molecule has 0 bridgehead atoms. The molecule has 0 spiro atoms. The average Bonchev–Trinajstić information content (AvgIpc) is 3.20. The number of ether oxygens (including phenoxy) is 1. The van der Waals surface area contributed by atoms with Crippen molar-refractivity contribution in [1.82, 2.24) is 19.4 Å². The Labute approximate surface area is 140 Å². The molecule has 0 fully saturated rings. The molecule has 0 aliphatic carbocycles. The molecule has 0 saturated carbocycles. The van der Waals surface area contributed by atoms with Crippen molar-refractivity contribution in [2.24, 2.45) is 7.05 Å². The van der Waals surface area contributed by atoms with Gasteiger partial charge in [-0.15, -0.1) is 0 Å². The Balaban J connectivity index is 1.71. The minimum atomic E-state index is -0.139. The quantitative estimate of drug-likeness (QED) is 0.849. The topological polar surface area (TPSA) is 68.5 Å². The number of carbonyl (C=O) groups is 2. The van der Waals surface area contributed by atoms with Gasteiger partial charge in [0.15, 0.2) is 0 Å². The lowest BCUT2D eigenvalue weighted by atomic mass is 10.1. The number of rotatable bonds is 6. The minimum Gasteiger partial charge on any atom is -0.383 e. The van der Waals surface area contributed by atoms with Gasteiger partial charge in [-0.3, -0.25) is 9.59 Å². The number of fused-ring (bicyclic) bond motifs is 1. The number of aryl methyl sites for hydroxylation is 1. The third kappa shape index (κ3) is 3.07. The molecule has 1 unspecified atom stereocenters. The van der Waals surface area contributed by atoms with E-state index in [1.807, 2.05) is 42.2 Å². The lowest BCUT2D eigenvalue weighted by molar-refractivity contribution is 0.0503. The number of methoxy groups -OCH3 is 1. The highest BCUT2D eigenvalue weighted by molar-refractivity contribution is 5.94. The van der Waals surface area contributed by atoms with E-state index in [1.54, 1.807) is 22.6 Å². The summed E-state index contributed by atoms with van der Waals surface area (Å²) >= 11 is 0. The van der Waals surface area contributed by atoms with Gasteiger partial charge in [0, 0.05) is 46.2 Å². The molecule has 24 heavy (non-hydrogen) atoms. The zero-order valence-electron chi connectivity index (χ0n) is 13.9. The summed E-state index contributed by atoms with van der Waals surface area (Å²) in [5.41, 5.74) is 1.28. The van der Waals surface area contributed by atoms with Crippen molar-refractivity contribution >= 4 is 11.8 Å². The Morgan fingerprint density at radius 1 is 1.33 bits per heavy atom. The molecule has 0 radical (unpaired) electrons. The summed E-state index contributed by atoms with van der Waals surface area (Å²) in [5, 5.41) is 2.94. The number of nitrogens with one attached hydrogen (secondary N) is 1. The Hall–Kier alpha value is -2.54. The van der Waals surface area contributed by atoms with Gasteiger partial charge in [-0.1, -0.05) is 0 Å². The van der Waals surface area contributed by atoms with Gasteiger partial charge in [-0.25, -0.2) is 0 Å². The fourth-order valence-corrected chi connectivity index (χ4v) is 3.05. The molecule has 3 rings (SSSR count). The Morgan fingerprint density at radius 3 is 2.83 bits per heavy atom. The van der Waals surface area contributed by atoms with Crippen molar-refractivity contribution < 1.29 is 14.3 Å². The van der Waals surface area contributed by atoms with Crippen LogP contribution in [0.25, 0.3) is 0 Å². The van der Waals surface area contributed by atoms with Crippen molar-refractivity contribution in [3.05, 3.63) is 48.0 Å². The van der Waals surface area contributed by atoms with Gasteiger partial charge in [0.1, 0.15) is 11.4 Å². The first kappa shape index (κ1) is 16.3. The summed E-state index contributed by atoms with van der Waals surface area (Å²) in [4.78, 5) is 26.7. The number of hydrogen-bond donors (Lipinski definition) is 1. The predicted octanol–water partition coefficient (Wildman–Crippen LogP) is 0.727. The van der Waals surface area contributed by atoms with Crippen LogP contribution >= 0.6 is 0 Å². The Kier molecular flexibility index (Phi) is 4.71. The summed E-state index contributed by atoms with van der Waals surface area (Å²) in [7, 11) is 3.44. The molecular weight excluding hydrogens is 308 g/mol. The summed E-state index contributed by atoms with van der Waals surface area (Å²) in [6.07, 6.45) is 3.73. The van der Waals surface area contributed by atoms with Gasteiger partial charge in [-0.05, 0) is 24.3 Å². The van der Waals surface area contributed by atoms with Crippen LogP contribution < -0.4 is 5.32 Å². The fourth-order valence-electron chi connectivity index (χ4n) is 3.05. The maximum absolute atomic E-state index is 12.7. The summed E-state index contributed by atoms with van der Waals surface area (Å²) in [6.45, 7) is 2.03. The molecule has 128 valence electrons. The van der Waals surface area contributed by atoms with Gasteiger partial charge < -0.3 is 24.1 Å². The van der Waals surface area contributed by atoms with Gasteiger partial charge in [-0.2, -0.15) is 0 Å². The predicted molar refractivity (Wildman–Crippen MR) is 88.9 cm³/mol. The van der Waals surface area contributed by atoms with E-state index >= 15 is 0 Å². The van der Waals surface area contributed by atoms with Crippen LogP contribution in [0.1, 0.15) is 21.0 Å². The molecule has 2 amide bonds. The van der Waals surface area contributed by atoms with E-state index in [9.17, 15) is 9.59 Å². The lowest BCUT2D eigenvalue weighted by Crippen LogP contribution is -2.53. The first-order valence-corrected chi connectivity index (χ1v) is 7.96. The maximum atomic E-state index is 12.7. The molecule has 1 atom stereocenters. The monoisotopic (exact) mass is 330 g/mol. The zero-order chi connectivity index (χ0) is 17.1. The molecule has 1 aliphatic rings. The van der Waals surface area contributed by atoms with Crippen molar-refractivity contribution in [1.29, 1.82) is 0 Å². The molecule has 7 nitrogen and oxygen atoms in total. The van der Waals surface area contributed by atoms with Crippen LogP contribution in [-0.2, 0) is 18.3 Å². The smallest absolute Gasteiger partial charge is 0.270 e. The molecule has 2 aromatic heterocycles. The molecule has 1 N–H and O–H groups in total. The number of nitrogens with zero attached hydrogens (tertiary/aromatic N) is 3. The van der Waals surface area contributed by atoms with Crippen LogP contribution in [0.4, 0.5) is 0 Å². The third-order valence-electron chi connectivity index (χ3n) is 4.37. The van der Waals surface area contributed by atoms with Crippen molar-refractivity contribution in [3.63, 3.8) is 0 Å². The third-order valence-corrected chi connectivity index (χ3v) is 4.37. The highest BCUT2D eigenvalue weighted by Crippen LogP contribution is 2.18.